The maximum absolute atomic E-state index is 12.3. The minimum atomic E-state index is -3.12. The molecule has 0 saturated heterocycles. The summed E-state index contributed by atoms with van der Waals surface area (Å²) in [6.45, 7) is 1.33. The van der Waals surface area contributed by atoms with E-state index >= 15 is 0 Å². The van der Waals surface area contributed by atoms with Gasteiger partial charge in [-0.1, -0.05) is 54.1 Å². The van der Waals surface area contributed by atoms with Gasteiger partial charge in [-0.3, -0.25) is 4.99 Å². The molecule has 0 amide bonds. The Balaban J connectivity index is 0.00000320. The summed E-state index contributed by atoms with van der Waals surface area (Å²) in [5.74, 6) is 0.931. The van der Waals surface area contributed by atoms with Gasteiger partial charge < -0.3 is 10.6 Å². The van der Waals surface area contributed by atoms with E-state index < -0.39 is 9.84 Å². The molecule has 0 atom stereocenters. The highest BCUT2D eigenvalue weighted by molar-refractivity contribution is 14.0. The SMILES string of the molecule is CN=C(NCCCS(=O)(=O)Cc1ccccc1)NCC1(c2cccc(Cl)c2)CC1.I. The summed E-state index contributed by atoms with van der Waals surface area (Å²) in [5, 5.41) is 7.35. The van der Waals surface area contributed by atoms with Crippen LogP contribution in [0.4, 0.5) is 0 Å². The smallest absolute Gasteiger partial charge is 0.191 e. The molecule has 1 fully saturated rings. The monoisotopic (exact) mass is 561 g/mol. The average Bonchev–Trinajstić information content (AvgIpc) is 3.49. The van der Waals surface area contributed by atoms with E-state index in [0.717, 1.165) is 30.0 Å². The van der Waals surface area contributed by atoms with Gasteiger partial charge in [-0.2, -0.15) is 0 Å². The van der Waals surface area contributed by atoms with Crippen LogP contribution in [-0.4, -0.2) is 40.3 Å². The first-order chi connectivity index (χ1) is 13.9. The van der Waals surface area contributed by atoms with E-state index in [2.05, 4.69) is 21.7 Å². The number of hydrogen-bond donors (Lipinski definition) is 2. The Hall–Kier alpha value is -1.32. The molecule has 0 aromatic heterocycles. The van der Waals surface area contributed by atoms with Crippen molar-refractivity contribution in [2.45, 2.75) is 30.4 Å². The van der Waals surface area contributed by atoms with Gasteiger partial charge in [0.25, 0.3) is 0 Å². The lowest BCUT2D eigenvalue weighted by atomic mass is 9.96. The highest BCUT2D eigenvalue weighted by Crippen LogP contribution is 2.48. The first kappa shape index (κ1) is 24.9. The average molecular weight is 562 g/mol. The van der Waals surface area contributed by atoms with Gasteiger partial charge in [-0.05, 0) is 42.5 Å². The molecule has 1 saturated carbocycles. The van der Waals surface area contributed by atoms with Gasteiger partial charge in [0.1, 0.15) is 0 Å². The maximum atomic E-state index is 12.3. The summed E-state index contributed by atoms with van der Waals surface area (Å²) in [6, 6.07) is 17.3. The molecule has 2 N–H and O–H groups in total. The van der Waals surface area contributed by atoms with Crippen molar-refractivity contribution < 1.29 is 8.42 Å². The van der Waals surface area contributed by atoms with Crippen LogP contribution in [0.5, 0.6) is 0 Å². The Morgan fingerprint density at radius 2 is 1.83 bits per heavy atom. The molecule has 0 spiro atoms. The zero-order valence-electron chi connectivity index (χ0n) is 17.1. The van der Waals surface area contributed by atoms with E-state index in [4.69, 9.17) is 11.6 Å². The van der Waals surface area contributed by atoms with Crippen LogP contribution in [0.2, 0.25) is 5.02 Å². The Morgan fingerprint density at radius 3 is 2.47 bits per heavy atom. The van der Waals surface area contributed by atoms with Crippen LogP contribution in [0, 0.1) is 0 Å². The molecule has 0 aliphatic heterocycles. The topological polar surface area (TPSA) is 70.6 Å². The van der Waals surface area contributed by atoms with Crippen molar-refractivity contribution in [1.82, 2.24) is 10.6 Å². The number of hydrogen-bond acceptors (Lipinski definition) is 3. The Kier molecular flexibility index (Phi) is 9.43. The number of rotatable bonds is 9. The highest BCUT2D eigenvalue weighted by atomic mass is 127. The van der Waals surface area contributed by atoms with Crippen molar-refractivity contribution in [3.8, 4) is 0 Å². The fourth-order valence-corrected chi connectivity index (χ4v) is 5.03. The van der Waals surface area contributed by atoms with Crippen molar-refractivity contribution in [2.24, 2.45) is 4.99 Å². The third-order valence-corrected chi connectivity index (χ3v) is 7.18. The number of aliphatic imine (C=N–C) groups is 1. The summed E-state index contributed by atoms with van der Waals surface area (Å²) in [4.78, 5) is 4.25. The predicted octanol–water partition coefficient (Wildman–Crippen LogP) is 4.16. The fraction of sp³-hybridized carbons (Fsp3) is 0.409. The quantitative estimate of drug-likeness (QED) is 0.209. The summed E-state index contributed by atoms with van der Waals surface area (Å²) in [5.41, 5.74) is 2.19. The number of nitrogens with one attached hydrogen (secondary N) is 2. The lowest BCUT2D eigenvalue weighted by Gasteiger charge is -2.19. The summed E-state index contributed by atoms with van der Waals surface area (Å²) < 4.78 is 24.6. The number of benzene rings is 2. The number of nitrogens with zero attached hydrogens (tertiary/aromatic N) is 1. The van der Waals surface area contributed by atoms with Gasteiger partial charge in [0.15, 0.2) is 15.8 Å². The van der Waals surface area contributed by atoms with Crippen LogP contribution in [0.1, 0.15) is 30.4 Å². The van der Waals surface area contributed by atoms with Gasteiger partial charge in [-0.25, -0.2) is 8.42 Å². The third-order valence-electron chi connectivity index (χ3n) is 5.26. The van der Waals surface area contributed by atoms with Crippen LogP contribution in [0.15, 0.2) is 59.6 Å². The van der Waals surface area contributed by atoms with E-state index in [1.165, 1.54) is 5.56 Å². The molecule has 2 aromatic rings. The predicted molar refractivity (Wildman–Crippen MR) is 136 cm³/mol. The van der Waals surface area contributed by atoms with Gasteiger partial charge in [-0.15, -0.1) is 24.0 Å². The van der Waals surface area contributed by atoms with Crippen molar-refractivity contribution in [2.75, 3.05) is 25.9 Å². The van der Waals surface area contributed by atoms with Crippen LogP contribution >= 0.6 is 35.6 Å². The van der Waals surface area contributed by atoms with Gasteiger partial charge in [0.2, 0.25) is 0 Å². The first-order valence-corrected chi connectivity index (χ1v) is 12.1. The van der Waals surface area contributed by atoms with Crippen LogP contribution in [0.3, 0.4) is 0 Å². The van der Waals surface area contributed by atoms with Gasteiger partial charge >= 0.3 is 0 Å². The Labute approximate surface area is 201 Å². The van der Waals surface area contributed by atoms with E-state index in [1.54, 1.807) is 7.05 Å². The van der Waals surface area contributed by atoms with E-state index in [0.29, 0.717) is 18.9 Å². The highest BCUT2D eigenvalue weighted by Gasteiger charge is 2.44. The number of sulfone groups is 1. The van der Waals surface area contributed by atoms with E-state index in [1.807, 2.05) is 48.5 Å². The first-order valence-electron chi connectivity index (χ1n) is 9.87. The van der Waals surface area contributed by atoms with Crippen LogP contribution < -0.4 is 10.6 Å². The van der Waals surface area contributed by atoms with Crippen molar-refractivity contribution in [1.29, 1.82) is 0 Å². The second-order valence-corrected chi connectivity index (χ2v) is 10.2. The summed E-state index contributed by atoms with van der Waals surface area (Å²) in [7, 11) is -1.40. The standard InChI is InChI=1S/C22H28ClN3O2S.HI/c1-24-21(26-17-22(11-12-22)19-9-5-10-20(23)15-19)25-13-6-14-29(27,28)16-18-7-3-2-4-8-18;/h2-5,7-10,15H,6,11-14,16-17H2,1H3,(H2,24,25,26);1H. The minimum Gasteiger partial charge on any atom is -0.356 e. The van der Waals surface area contributed by atoms with Crippen LogP contribution in [-0.2, 0) is 21.0 Å². The lowest BCUT2D eigenvalue weighted by molar-refractivity contribution is 0.591. The number of guanidine groups is 1. The molecule has 0 radical (unpaired) electrons. The minimum absolute atomic E-state index is 0. The molecule has 0 unspecified atom stereocenters. The normalized spacial score (nSPS) is 15.2. The summed E-state index contributed by atoms with van der Waals surface area (Å²) in [6.07, 6.45) is 2.78. The molecule has 5 nitrogen and oxygen atoms in total. The zero-order valence-corrected chi connectivity index (χ0v) is 21.0. The zero-order chi connectivity index (χ0) is 20.7. The molecule has 0 bridgehead atoms. The molecular formula is C22H29ClIN3O2S. The molecule has 30 heavy (non-hydrogen) atoms. The van der Waals surface area contributed by atoms with Crippen molar-refractivity contribution >= 4 is 51.4 Å². The molecular weight excluding hydrogens is 533 g/mol. The second kappa shape index (κ2) is 11.3. The Morgan fingerprint density at radius 1 is 1.10 bits per heavy atom. The third kappa shape index (κ3) is 7.42. The van der Waals surface area contributed by atoms with Crippen LogP contribution in [0.25, 0.3) is 0 Å². The molecule has 1 aliphatic rings. The summed E-state index contributed by atoms with van der Waals surface area (Å²) >= 11 is 6.14. The molecule has 3 rings (SSSR count). The van der Waals surface area contributed by atoms with Gasteiger partial charge in [0, 0.05) is 30.6 Å². The number of halogens is 2. The molecule has 8 heteroatoms. The van der Waals surface area contributed by atoms with Crippen molar-refractivity contribution in [3.63, 3.8) is 0 Å². The fourth-order valence-electron chi connectivity index (χ4n) is 3.41. The second-order valence-electron chi connectivity index (χ2n) is 7.57. The molecule has 0 heterocycles. The molecule has 164 valence electrons. The molecule has 1 aliphatic carbocycles. The molecule has 2 aromatic carbocycles. The van der Waals surface area contributed by atoms with E-state index in [-0.39, 0.29) is 40.9 Å². The maximum Gasteiger partial charge on any atom is 0.191 e. The lowest BCUT2D eigenvalue weighted by Crippen LogP contribution is -2.41. The Bertz CT molecular complexity index is 948. The van der Waals surface area contributed by atoms with Crippen molar-refractivity contribution in [3.05, 3.63) is 70.7 Å². The largest absolute Gasteiger partial charge is 0.356 e. The van der Waals surface area contributed by atoms with Gasteiger partial charge in [0.05, 0.1) is 11.5 Å². The van der Waals surface area contributed by atoms with E-state index in [9.17, 15) is 8.42 Å².